The molecule has 0 unspecified atom stereocenters. The van der Waals surface area contributed by atoms with Crippen molar-refractivity contribution >= 4 is 23.8 Å². The van der Waals surface area contributed by atoms with Gasteiger partial charge in [0.25, 0.3) is 0 Å². The highest BCUT2D eigenvalue weighted by molar-refractivity contribution is 5.95. The van der Waals surface area contributed by atoms with E-state index in [0.717, 1.165) is 5.56 Å². The molecule has 2 fully saturated rings. The number of aliphatic hydroxyl groups excluding tert-OH is 1. The molecule has 2 N–H and O–H groups in total. The minimum Gasteiger partial charge on any atom is -0.395 e. The van der Waals surface area contributed by atoms with Crippen LogP contribution in [0.25, 0.3) is 6.08 Å². The van der Waals surface area contributed by atoms with Gasteiger partial charge in [0.1, 0.15) is 6.54 Å². The number of carbonyl (C=O) groups is 3. The smallest absolute Gasteiger partial charge is 0.247 e. The fourth-order valence-electron chi connectivity index (χ4n) is 4.22. The van der Waals surface area contributed by atoms with Gasteiger partial charge in [-0.25, -0.2) is 0 Å². The molecule has 2 aliphatic heterocycles. The molecule has 1 aromatic rings. The van der Waals surface area contributed by atoms with Gasteiger partial charge in [-0.2, -0.15) is 0 Å². The first-order valence-corrected chi connectivity index (χ1v) is 9.77. The minimum atomic E-state index is -0.305. The summed E-state index contributed by atoms with van der Waals surface area (Å²) in [4.78, 5) is 41.1. The number of carbonyl (C=O) groups excluding carboxylic acids is 3. The number of nitrogens with one attached hydrogen (secondary N) is 1. The molecule has 1 aromatic carbocycles. The van der Waals surface area contributed by atoms with Gasteiger partial charge in [-0.3, -0.25) is 14.4 Å². The predicted octanol–water partition coefficient (Wildman–Crippen LogP) is 0.646. The maximum Gasteiger partial charge on any atom is 0.247 e. The summed E-state index contributed by atoms with van der Waals surface area (Å²) in [6.07, 6.45) is 4.46. The van der Waals surface area contributed by atoms with Crippen LogP contribution in [0.5, 0.6) is 0 Å². The maximum absolute atomic E-state index is 12.8. The average molecular weight is 385 g/mol. The summed E-state index contributed by atoms with van der Waals surface area (Å²) in [5.74, 6) is -0.745. The first-order valence-electron chi connectivity index (χ1n) is 9.77. The molecule has 0 radical (unpaired) electrons. The van der Waals surface area contributed by atoms with E-state index in [-0.39, 0.29) is 55.4 Å². The van der Waals surface area contributed by atoms with Gasteiger partial charge >= 0.3 is 0 Å². The average Bonchev–Trinajstić information content (AvgIpc) is 3.10. The zero-order chi connectivity index (χ0) is 20.1. The molecule has 7 nitrogen and oxygen atoms in total. The molecule has 2 aliphatic rings. The molecule has 2 heterocycles. The van der Waals surface area contributed by atoms with Crippen LogP contribution in [0.4, 0.5) is 0 Å². The summed E-state index contributed by atoms with van der Waals surface area (Å²) in [6.45, 7) is 2.53. The Labute approximate surface area is 165 Å². The van der Waals surface area contributed by atoms with E-state index in [9.17, 15) is 14.4 Å². The van der Waals surface area contributed by atoms with E-state index in [1.165, 1.54) is 6.08 Å². The number of benzene rings is 1. The molecule has 0 spiro atoms. The lowest BCUT2D eigenvalue weighted by atomic mass is 9.96. The number of hydrogen-bond donors (Lipinski definition) is 2. The second kappa shape index (κ2) is 9.01. The molecule has 0 saturated carbocycles. The molecule has 7 heteroatoms. The number of piperazine rings is 1. The summed E-state index contributed by atoms with van der Waals surface area (Å²) in [6, 6.07) is 9.22. The van der Waals surface area contributed by atoms with Crippen LogP contribution in [-0.4, -0.2) is 71.0 Å². The van der Waals surface area contributed by atoms with Crippen LogP contribution in [0.15, 0.2) is 36.4 Å². The van der Waals surface area contributed by atoms with Gasteiger partial charge in [0, 0.05) is 25.2 Å². The SMILES string of the molecule is CC[C@H]1[C@@H](C(=O)NCCO)C[C@H]2CN(C(=O)C=Cc3ccccc3)CC(=O)N21. The lowest BCUT2D eigenvalue weighted by Crippen LogP contribution is -2.57. The first-order chi connectivity index (χ1) is 13.5. The first kappa shape index (κ1) is 20.1. The molecule has 28 heavy (non-hydrogen) atoms. The molecule has 150 valence electrons. The summed E-state index contributed by atoms with van der Waals surface area (Å²) in [7, 11) is 0. The molecule has 0 bridgehead atoms. The van der Waals surface area contributed by atoms with Crippen molar-refractivity contribution in [3.05, 3.63) is 42.0 Å². The van der Waals surface area contributed by atoms with Crippen LogP contribution in [0, 0.1) is 5.92 Å². The van der Waals surface area contributed by atoms with Gasteiger partial charge in [0.15, 0.2) is 0 Å². The Morgan fingerprint density at radius 3 is 2.71 bits per heavy atom. The van der Waals surface area contributed by atoms with E-state index in [1.807, 2.05) is 37.3 Å². The zero-order valence-corrected chi connectivity index (χ0v) is 16.1. The normalized spacial score (nSPS) is 24.5. The molecule has 3 rings (SSSR count). The van der Waals surface area contributed by atoms with Gasteiger partial charge in [-0.1, -0.05) is 37.3 Å². The molecule has 3 amide bonds. The number of nitrogens with zero attached hydrogens (tertiary/aromatic N) is 2. The van der Waals surface area contributed by atoms with Gasteiger partial charge in [-0.05, 0) is 24.5 Å². The van der Waals surface area contributed by atoms with Crippen LogP contribution in [-0.2, 0) is 14.4 Å². The fraction of sp³-hybridized carbons (Fsp3) is 0.476. The summed E-state index contributed by atoms with van der Waals surface area (Å²) in [5.41, 5.74) is 0.924. The summed E-state index contributed by atoms with van der Waals surface area (Å²) < 4.78 is 0. The van der Waals surface area contributed by atoms with E-state index in [4.69, 9.17) is 5.11 Å². The Kier molecular flexibility index (Phi) is 6.46. The van der Waals surface area contributed by atoms with Crippen LogP contribution in [0.1, 0.15) is 25.3 Å². The van der Waals surface area contributed by atoms with Crippen LogP contribution in [0.3, 0.4) is 0 Å². The van der Waals surface area contributed by atoms with E-state index >= 15 is 0 Å². The topological polar surface area (TPSA) is 90.0 Å². The standard InChI is InChI=1S/C21H27N3O4/c1-2-18-17(21(28)22-10-11-25)12-16-13-23(14-20(27)24(16)18)19(26)9-8-15-6-4-3-5-7-15/h3-9,16-18,25H,2,10-14H2,1H3,(H,22,28)/t16-,17-,18-/m0/s1. The van der Waals surface area contributed by atoms with E-state index in [1.54, 1.807) is 15.9 Å². The van der Waals surface area contributed by atoms with E-state index < -0.39 is 0 Å². The van der Waals surface area contributed by atoms with Crippen molar-refractivity contribution in [3.63, 3.8) is 0 Å². The van der Waals surface area contributed by atoms with Gasteiger partial charge in [0.05, 0.1) is 18.6 Å². The fourth-order valence-corrected chi connectivity index (χ4v) is 4.22. The highest BCUT2D eigenvalue weighted by Crippen LogP contribution is 2.35. The molecular formula is C21H27N3O4. The number of aliphatic hydroxyl groups is 1. The molecule has 0 aromatic heterocycles. The van der Waals surface area contributed by atoms with Crippen molar-refractivity contribution in [3.8, 4) is 0 Å². The van der Waals surface area contributed by atoms with Crippen molar-refractivity contribution in [2.75, 3.05) is 26.2 Å². The van der Waals surface area contributed by atoms with E-state index in [2.05, 4.69) is 5.32 Å². The van der Waals surface area contributed by atoms with Crippen molar-refractivity contribution in [2.24, 2.45) is 5.92 Å². The Bertz CT molecular complexity index is 749. The highest BCUT2D eigenvalue weighted by atomic mass is 16.3. The van der Waals surface area contributed by atoms with Gasteiger partial charge < -0.3 is 20.2 Å². The molecular weight excluding hydrogens is 358 g/mol. The van der Waals surface area contributed by atoms with Crippen LogP contribution in [0.2, 0.25) is 0 Å². The quantitative estimate of drug-likeness (QED) is 0.704. The zero-order valence-electron chi connectivity index (χ0n) is 16.1. The highest BCUT2D eigenvalue weighted by Gasteiger charge is 2.49. The third-order valence-corrected chi connectivity index (χ3v) is 5.48. The summed E-state index contributed by atoms with van der Waals surface area (Å²) in [5, 5.41) is 11.6. The number of amides is 3. The lowest BCUT2D eigenvalue weighted by molar-refractivity contribution is -0.147. The minimum absolute atomic E-state index is 0.0376. The second-order valence-electron chi connectivity index (χ2n) is 7.25. The molecule has 3 atom stereocenters. The lowest BCUT2D eigenvalue weighted by Gasteiger charge is -2.39. The van der Waals surface area contributed by atoms with E-state index in [0.29, 0.717) is 19.4 Å². The van der Waals surface area contributed by atoms with Crippen LogP contribution >= 0.6 is 0 Å². The van der Waals surface area contributed by atoms with Crippen molar-refractivity contribution in [1.29, 1.82) is 0 Å². The number of hydrogen-bond acceptors (Lipinski definition) is 4. The second-order valence-corrected chi connectivity index (χ2v) is 7.25. The van der Waals surface area contributed by atoms with Crippen LogP contribution < -0.4 is 5.32 Å². The molecule has 0 aliphatic carbocycles. The van der Waals surface area contributed by atoms with Crippen molar-refractivity contribution in [2.45, 2.75) is 31.8 Å². The van der Waals surface area contributed by atoms with Gasteiger partial charge in [-0.15, -0.1) is 0 Å². The Morgan fingerprint density at radius 1 is 1.29 bits per heavy atom. The Hall–Kier alpha value is -2.67. The Balaban J connectivity index is 1.68. The Morgan fingerprint density at radius 2 is 2.04 bits per heavy atom. The summed E-state index contributed by atoms with van der Waals surface area (Å²) >= 11 is 0. The maximum atomic E-state index is 12.8. The third-order valence-electron chi connectivity index (χ3n) is 5.48. The van der Waals surface area contributed by atoms with Gasteiger partial charge in [0.2, 0.25) is 17.7 Å². The van der Waals surface area contributed by atoms with Crippen molar-refractivity contribution in [1.82, 2.24) is 15.1 Å². The largest absolute Gasteiger partial charge is 0.395 e. The van der Waals surface area contributed by atoms with Crippen molar-refractivity contribution < 1.29 is 19.5 Å². The number of fused-ring (bicyclic) bond motifs is 1. The monoisotopic (exact) mass is 385 g/mol. The third kappa shape index (κ3) is 4.25. The number of rotatable bonds is 6. The molecule has 2 saturated heterocycles. The predicted molar refractivity (Wildman–Crippen MR) is 105 cm³/mol.